The molecule has 0 unspecified atom stereocenters. The Morgan fingerprint density at radius 3 is 2.22 bits per heavy atom. The number of amides is 2. The quantitative estimate of drug-likeness (QED) is 0.379. The van der Waals surface area contributed by atoms with Crippen molar-refractivity contribution in [1.82, 2.24) is 10.2 Å². The number of halogens is 1. The lowest BCUT2D eigenvalue weighted by Crippen LogP contribution is -2.53. The smallest absolute Gasteiger partial charge is 0.261 e. The highest BCUT2D eigenvalue weighted by atomic mass is 35.5. The van der Waals surface area contributed by atoms with E-state index in [9.17, 15) is 9.59 Å². The lowest BCUT2D eigenvalue weighted by Gasteiger charge is -2.33. The molecule has 1 aliphatic carbocycles. The highest BCUT2D eigenvalue weighted by molar-refractivity contribution is 6.31. The van der Waals surface area contributed by atoms with Gasteiger partial charge in [0.25, 0.3) is 5.91 Å². The Hall–Kier alpha value is -3.31. The number of benzene rings is 3. The van der Waals surface area contributed by atoms with Gasteiger partial charge >= 0.3 is 0 Å². The van der Waals surface area contributed by atoms with Crippen molar-refractivity contribution < 1.29 is 14.3 Å². The summed E-state index contributed by atoms with van der Waals surface area (Å²) >= 11 is 6.48. The van der Waals surface area contributed by atoms with Crippen molar-refractivity contribution in [2.24, 2.45) is 0 Å². The van der Waals surface area contributed by atoms with Crippen molar-refractivity contribution in [1.29, 1.82) is 0 Å². The Bertz CT molecular complexity index is 1120. The molecule has 6 heteroatoms. The van der Waals surface area contributed by atoms with E-state index in [0.29, 0.717) is 17.2 Å². The van der Waals surface area contributed by atoms with Crippen molar-refractivity contribution in [3.63, 3.8) is 0 Å². The fourth-order valence-corrected chi connectivity index (χ4v) is 4.85. The monoisotopic (exact) mass is 504 g/mol. The maximum absolute atomic E-state index is 13.7. The lowest BCUT2D eigenvalue weighted by molar-refractivity contribution is -0.143. The Labute approximate surface area is 218 Å². The van der Waals surface area contributed by atoms with Gasteiger partial charge < -0.3 is 15.0 Å². The van der Waals surface area contributed by atoms with Crippen LogP contribution in [0.5, 0.6) is 5.75 Å². The molecule has 0 heterocycles. The average Bonchev–Trinajstić information content (AvgIpc) is 2.92. The predicted octanol–water partition coefficient (Wildman–Crippen LogP) is 5.81. The minimum atomic E-state index is -0.697. The zero-order valence-corrected chi connectivity index (χ0v) is 21.2. The van der Waals surface area contributed by atoms with E-state index in [0.717, 1.165) is 36.8 Å². The average molecular weight is 505 g/mol. The number of nitrogens with zero attached hydrogens (tertiary/aromatic N) is 1. The van der Waals surface area contributed by atoms with Crippen LogP contribution in [0.4, 0.5) is 0 Å². The molecule has 0 radical (unpaired) electrons. The molecule has 3 aromatic carbocycles. The molecule has 1 saturated carbocycles. The van der Waals surface area contributed by atoms with E-state index in [1.54, 1.807) is 11.0 Å². The van der Waals surface area contributed by atoms with Crippen molar-refractivity contribution in [3.8, 4) is 5.75 Å². The third-order valence-corrected chi connectivity index (χ3v) is 7.00. The predicted molar refractivity (Wildman–Crippen MR) is 143 cm³/mol. The van der Waals surface area contributed by atoms with E-state index in [2.05, 4.69) is 5.32 Å². The molecule has 4 rings (SSSR count). The van der Waals surface area contributed by atoms with E-state index in [1.807, 2.05) is 78.9 Å². The van der Waals surface area contributed by atoms with Crippen LogP contribution in [0.3, 0.4) is 0 Å². The maximum atomic E-state index is 13.7. The van der Waals surface area contributed by atoms with Gasteiger partial charge in [-0.25, -0.2) is 0 Å². The van der Waals surface area contributed by atoms with Crippen LogP contribution in [-0.4, -0.2) is 35.4 Å². The summed E-state index contributed by atoms with van der Waals surface area (Å²) in [5.41, 5.74) is 1.78. The van der Waals surface area contributed by atoms with E-state index < -0.39 is 6.04 Å². The van der Waals surface area contributed by atoms with Crippen LogP contribution in [-0.2, 0) is 22.6 Å². The Morgan fingerprint density at radius 1 is 0.889 bits per heavy atom. The van der Waals surface area contributed by atoms with Gasteiger partial charge in [0.2, 0.25) is 5.91 Å². The Balaban J connectivity index is 1.61. The second kappa shape index (κ2) is 13.1. The SMILES string of the molecule is O=C(NC1CCCCC1)[C@@H](Cc1ccccc1)N(Cc1ccccc1Cl)C(=O)COc1ccccc1. The van der Waals surface area contributed by atoms with Gasteiger partial charge in [0, 0.05) is 24.0 Å². The second-order valence-electron chi connectivity index (χ2n) is 9.26. The largest absolute Gasteiger partial charge is 0.484 e. The van der Waals surface area contributed by atoms with E-state index in [4.69, 9.17) is 16.3 Å². The first-order chi connectivity index (χ1) is 17.6. The molecular weight excluding hydrogens is 472 g/mol. The van der Waals surface area contributed by atoms with Crippen molar-refractivity contribution in [2.45, 2.75) is 57.2 Å². The number of nitrogens with one attached hydrogen (secondary N) is 1. The van der Waals surface area contributed by atoms with Gasteiger partial charge in [-0.1, -0.05) is 97.6 Å². The first-order valence-corrected chi connectivity index (χ1v) is 13.0. The van der Waals surface area contributed by atoms with Gasteiger partial charge in [-0.3, -0.25) is 9.59 Å². The Kier molecular flexibility index (Phi) is 9.40. The molecular formula is C30H33ClN2O3. The number of carbonyl (C=O) groups excluding carboxylic acids is 2. The van der Waals surface area contributed by atoms with Crippen LogP contribution < -0.4 is 10.1 Å². The minimum absolute atomic E-state index is 0.133. The molecule has 3 aromatic rings. The highest BCUT2D eigenvalue weighted by Gasteiger charge is 2.32. The van der Waals surface area contributed by atoms with Gasteiger partial charge in [0.1, 0.15) is 11.8 Å². The fourth-order valence-electron chi connectivity index (χ4n) is 4.65. The summed E-state index contributed by atoms with van der Waals surface area (Å²) < 4.78 is 5.79. The normalized spacial score (nSPS) is 14.6. The second-order valence-corrected chi connectivity index (χ2v) is 9.67. The number of para-hydroxylation sites is 1. The zero-order chi connectivity index (χ0) is 25.2. The molecule has 0 spiro atoms. The number of hydrogen-bond donors (Lipinski definition) is 1. The molecule has 36 heavy (non-hydrogen) atoms. The molecule has 0 bridgehead atoms. The van der Waals surface area contributed by atoms with Crippen molar-refractivity contribution >= 4 is 23.4 Å². The van der Waals surface area contributed by atoms with Gasteiger partial charge in [0.15, 0.2) is 6.61 Å². The highest BCUT2D eigenvalue weighted by Crippen LogP contribution is 2.22. The summed E-state index contributed by atoms with van der Waals surface area (Å²) in [6.45, 7) is 0.0444. The van der Waals surface area contributed by atoms with Crippen LogP contribution in [0.2, 0.25) is 5.02 Å². The molecule has 0 aliphatic heterocycles. The molecule has 1 aliphatic rings. The molecule has 188 valence electrons. The van der Waals surface area contributed by atoms with E-state index in [1.165, 1.54) is 6.42 Å². The summed E-state index contributed by atoms with van der Waals surface area (Å²) in [7, 11) is 0. The number of ether oxygens (including phenoxy) is 1. The van der Waals surface area contributed by atoms with Crippen LogP contribution in [0.15, 0.2) is 84.9 Å². The molecule has 2 amide bonds. The van der Waals surface area contributed by atoms with Gasteiger partial charge in [-0.2, -0.15) is 0 Å². The van der Waals surface area contributed by atoms with Crippen molar-refractivity contribution in [3.05, 3.63) is 101 Å². The summed E-state index contributed by atoms with van der Waals surface area (Å²) in [6, 6.07) is 25.9. The van der Waals surface area contributed by atoms with Crippen LogP contribution in [0.1, 0.15) is 43.2 Å². The van der Waals surface area contributed by atoms with Gasteiger partial charge in [0.05, 0.1) is 0 Å². The third-order valence-electron chi connectivity index (χ3n) is 6.63. The first-order valence-electron chi connectivity index (χ1n) is 12.6. The standard InChI is InChI=1S/C30H33ClN2O3/c31-27-19-11-10-14-24(27)21-33(29(34)22-36-26-17-8-3-9-18-26)28(20-23-12-4-1-5-13-23)30(35)32-25-15-6-2-7-16-25/h1,3-5,8-14,17-19,25,28H,2,6-7,15-16,20-22H2,(H,32,35)/t28-/m1/s1. The van der Waals surface area contributed by atoms with Crippen LogP contribution in [0.25, 0.3) is 0 Å². The molecule has 1 fully saturated rings. The number of carbonyl (C=O) groups is 2. The lowest BCUT2D eigenvalue weighted by atomic mass is 9.94. The molecule has 0 aromatic heterocycles. The summed E-state index contributed by atoms with van der Waals surface area (Å²) in [5.74, 6) is 0.208. The maximum Gasteiger partial charge on any atom is 0.261 e. The molecule has 1 N–H and O–H groups in total. The zero-order valence-electron chi connectivity index (χ0n) is 20.4. The molecule has 0 saturated heterocycles. The summed E-state index contributed by atoms with van der Waals surface area (Å²) in [5, 5.41) is 3.80. The Morgan fingerprint density at radius 2 is 1.53 bits per heavy atom. The third kappa shape index (κ3) is 7.34. The molecule has 5 nitrogen and oxygen atoms in total. The first kappa shape index (κ1) is 25.8. The van der Waals surface area contributed by atoms with Crippen LogP contribution >= 0.6 is 11.6 Å². The fraction of sp³-hybridized carbons (Fsp3) is 0.333. The number of hydrogen-bond acceptors (Lipinski definition) is 3. The summed E-state index contributed by atoms with van der Waals surface area (Å²) in [4.78, 5) is 29.0. The molecule has 1 atom stereocenters. The topological polar surface area (TPSA) is 58.6 Å². The van der Waals surface area contributed by atoms with Gasteiger partial charge in [-0.05, 0) is 42.2 Å². The van der Waals surface area contributed by atoms with Crippen LogP contribution in [0, 0.1) is 0 Å². The van der Waals surface area contributed by atoms with E-state index in [-0.39, 0.29) is 31.0 Å². The van der Waals surface area contributed by atoms with E-state index >= 15 is 0 Å². The number of rotatable bonds is 10. The minimum Gasteiger partial charge on any atom is -0.484 e. The van der Waals surface area contributed by atoms with Crippen molar-refractivity contribution in [2.75, 3.05) is 6.61 Å². The van der Waals surface area contributed by atoms with Gasteiger partial charge in [-0.15, -0.1) is 0 Å². The summed E-state index contributed by atoms with van der Waals surface area (Å²) in [6.07, 6.45) is 5.77.